The molecule has 0 N–H and O–H groups in total. The minimum Gasteiger partial charge on any atom is -0.463 e. The van der Waals surface area contributed by atoms with Gasteiger partial charge in [0.25, 0.3) is 0 Å². The van der Waals surface area contributed by atoms with Crippen molar-refractivity contribution in [1.82, 2.24) is 0 Å². The van der Waals surface area contributed by atoms with Crippen LogP contribution in [0.25, 0.3) is 0 Å². The first-order valence-electron chi connectivity index (χ1n) is 7.12. The van der Waals surface area contributed by atoms with E-state index < -0.39 is 0 Å². The average Bonchev–Trinajstić information content (AvgIpc) is 2.43. The van der Waals surface area contributed by atoms with Gasteiger partial charge in [0.1, 0.15) is 0 Å². The lowest BCUT2D eigenvalue weighted by atomic mass is 10.0. The van der Waals surface area contributed by atoms with E-state index >= 15 is 0 Å². The largest absolute Gasteiger partial charge is 0.463 e. The van der Waals surface area contributed by atoms with Gasteiger partial charge in [-0.05, 0) is 24.8 Å². The number of ether oxygens (including phenoxy) is 2. The van der Waals surface area contributed by atoms with Gasteiger partial charge in [0.05, 0.1) is 19.3 Å². The molecule has 0 fully saturated rings. The molecule has 0 saturated heterocycles. The van der Waals surface area contributed by atoms with Gasteiger partial charge in [-0.2, -0.15) is 0 Å². The lowest BCUT2D eigenvalue weighted by molar-refractivity contribution is -0.137. The number of carbonyl (C=O) groups excluding carboxylic acids is 1. The second-order valence-electron chi connectivity index (χ2n) is 4.97. The summed E-state index contributed by atoms with van der Waals surface area (Å²) >= 11 is 0. The maximum atomic E-state index is 11.2. The highest BCUT2D eigenvalue weighted by Gasteiger charge is 2.12. The van der Waals surface area contributed by atoms with Crippen LogP contribution < -0.4 is 0 Å². The predicted octanol–water partition coefficient (Wildman–Crippen LogP) is 3.74. The van der Waals surface area contributed by atoms with E-state index in [2.05, 4.69) is 13.8 Å². The smallest absolute Gasteiger partial charge is 0.330 e. The fourth-order valence-corrected chi connectivity index (χ4v) is 1.80. The van der Waals surface area contributed by atoms with E-state index in [1.807, 2.05) is 36.4 Å². The minimum absolute atomic E-state index is 0.0980. The third kappa shape index (κ3) is 6.53. The zero-order valence-electron chi connectivity index (χ0n) is 12.5. The Morgan fingerprint density at radius 3 is 2.55 bits per heavy atom. The molecule has 0 heterocycles. The van der Waals surface area contributed by atoms with E-state index in [1.165, 1.54) is 6.08 Å². The summed E-state index contributed by atoms with van der Waals surface area (Å²) in [5.74, 6) is 0.101. The Morgan fingerprint density at radius 2 is 1.95 bits per heavy atom. The molecule has 0 aliphatic rings. The van der Waals surface area contributed by atoms with Crippen molar-refractivity contribution >= 4 is 5.97 Å². The molecule has 0 unspecified atom stereocenters. The average molecular weight is 276 g/mol. The number of benzene rings is 1. The van der Waals surface area contributed by atoms with Crippen molar-refractivity contribution in [3.63, 3.8) is 0 Å². The fourth-order valence-electron chi connectivity index (χ4n) is 1.80. The Morgan fingerprint density at radius 1 is 1.25 bits per heavy atom. The van der Waals surface area contributed by atoms with E-state index in [-0.39, 0.29) is 12.1 Å². The van der Waals surface area contributed by atoms with Crippen LogP contribution in [0.4, 0.5) is 0 Å². The Labute approximate surface area is 121 Å². The first-order valence-corrected chi connectivity index (χ1v) is 7.12. The summed E-state index contributed by atoms with van der Waals surface area (Å²) < 4.78 is 10.8. The normalized spacial score (nSPS) is 12.8. The summed E-state index contributed by atoms with van der Waals surface area (Å²) in [6.07, 6.45) is 4.11. The summed E-state index contributed by atoms with van der Waals surface area (Å²) in [5.41, 5.74) is 1.16. The molecule has 20 heavy (non-hydrogen) atoms. The molecule has 0 aromatic heterocycles. The number of carbonyl (C=O) groups is 1. The number of esters is 1. The van der Waals surface area contributed by atoms with Gasteiger partial charge in [0.2, 0.25) is 0 Å². The molecular formula is C17H24O3. The maximum Gasteiger partial charge on any atom is 0.330 e. The van der Waals surface area contributed by atoms with Gasteiger partial charge in [-0.25, -0.2) is 4.79 Å². The number of hydrogen-bond acceptors (Lipinski definition) is 3. The summed E-state index contributed by atoms with van der Waals surface area (Å²) in [7, 11) is 0. The van der Waals surface area contributed by atoms with Gasteiger partial charge in [-0.3, -0.25) is 0 Å². The van der Waals surface area contributed by atoms with Crippen molar-refractivity contribution in [2.75, 3.05) is 6.61 Å². The fraction of sp³-hybridized carbons (Fsp3) is 0.471. The van der Waals surface area contributed by atoms with Crippen molar-refractivity contribution in [3.05, 3.63) is 48.0 Å². The van der Waals surface area contributed by atoms with Crippen molar-refractivity contribution in [3.8, 4) is 0 Å². The first-order chi connectivity index (χ1) is 9.63. The molecule has 110 valence electrons. The van der Waals surface area contributed by atoms with Crippen molar-refractivity contribution in [2.45, 2.75) is 39.9 Å². The standard InChI is InChI=1S/C17H24O3/c1-4-19-17(18)12-8-11-16(14(2)3)20-13-15-9-6-5-7-10-15/h5-10,12,14,16H,4,11,13H2,1-3H3/b12-8+/t16-/m0/s1. The number of rotatable bonds is 8. The Hall–Kier alpha value is -1.61. The van der Waals surface area contributed by atoms with Crippen LogP contribution in [-0.4, -0.2) is 18.7 Å². The van der Waals surface area contributed by atoms with Crippen LogP contribution in [0, 0.1) is 5.92 Å². The molecule has 1 rings (SSSR count). The maximum absolute atomic E-state index is 11.2. The van der Waals surface area contributed by atoms with Gasteiger partial charge in [-0.15, -0.1) is 0 Å². The Kier molecular flexibility index (Phi) is 7.66. The highest BCUT2D eigenvalue weighted by Crippen LogP contribution is 2.14. The molecule has 1 atom stereocenters. The number of hydrogen-bond donors (Lipinski definition) is 0. The molecule has 0 bridgehead atoms. The Bertz CT molecular complexity index is 410. The van der Waals surface area contributed by atoms with Crippen molar-refractivity contribution < 1.29 is 14.3 Å². The molecule has 3 heteroatoms. The molecule has 0 radical (unpaired) electrons. The molecule has 0 aliphatic carbocycles. The Balaban J connectivity index is 2.43. The van der Waals surface area contributed by atoms with E-state index in [1.54, 1.807) is 6.92 Å². The first kappa shape index (κ1) is 16.4. The molecule has 0 saturated carbocycles. The summed E-state index contributed by atoms with van der Waals surface area (Å²) in [4.78, 5) is 11.2. The third-order valence-corrected chi connectivity index (χ3v) is 2.96. The molecule has 0 spiro atoms. The van der Waals surface area contributed by atoms with Crippen LogP contribution >= 0.6 is 0 Å². The van der Waals surface area contributed by atoms with E-state index in [0.717, 1.165) is 5.56 Å². The van der Waals surface area contributed by atoms with Crippen LogP contribution in [0.3, 0.4) is 0 Å². The molecule has 3 nitrogen and oxygen atoms in total. The van der Waals surface area contributed by atoms with E-state index in [9.17, 15) is 4.79 Å². The SMILES string of the molecule is CCOC(=O)/C=C/C[C@H](OCc1ccccc1)C(C)C. The molecule has 0 amide bonds. The minimum atomic E-state index is -0.293. The lowest BCUT2D eigenvalue weighted by Crippen LogP contribution is -2.19. The molecule has 1 aromatic rings. The van der Waals surface area contributed by atoms with Gasteiger partial charge in [-0.1, -0.05) is 50.3 Å². The van der Waals surface area contributed by atoms with Gasteiger partial charge in [0.15, 0.2) is 0 Å². The quantitative estimate of drug-likeness (QED) is 0.536. The monoisotopic (exact) mass is 276 g/mol. The predicted molar refractivity (Wildman–Crippen MR) is 80.2 cm³/mol. The van der Waals surface area contributed by atoms with Crippen LogP contribution in [0.5, 0.6) is 0 Å². The van der Waals surface area contributed by atoms with Crippen LogP contribution in [0.1, 0.15) is 32.8 Å². The third-order valence-electron chi connectivity index (χ3n) is 2.96. The van der Waals surface area contributed by atoms with E-state index in [0.29, 0.717) is 25.6 Å². The second-order valence-corrected chi connectivity index (χ2v) is 4.97. The second kappa shape index (κ2) is 9.32. The molecular weight excluding hydrogens is 252 g/mol. The summed E-state index contributed by atoms with van der Waals surface area (Å²) in [6.45, 7) is 7.03. The zero-order valence-corrected chi connectivity index (χ0v) is 12.5. The summed E-state index contributed by atoms with van der Waals surface area (Å²) in [5, 5.41) is 0. The van der Waals surface area contributed by atoms with Crippen molar-refractivity contribution in [2.24, 2.45) is 5.92 Å². The lowest BCUT2D eigenvalue weighted by Gasteiger charge is -2.20. The van der Waals surface area contributed by atoms with Gasteiger partial charge < -0.3 is 9.47 Å². The van der Waals surface area contributed by atoms with Gasteiger partial charge >= 0.3 is 5.97 Å². The molecule has 0 aliphatic heterocycles. The topological polar surface area (TPSA) is 35.5 Å². The highest BCUT2D eigenvalue weighted by molar-refractivity contribution is 5.81. The highest BCUT2D eigenvalue weighted by atomic mass is 16.5. The van der Waals surface area contributed by atoms with Crippen LogP contribution in [-0.2, 0) is 20.9 Å². The van der Waals surface area contributed by atoms with Crippen LogP contribution in [0.15, 0.2) is 42.5 Å². The van der Waals surface area contributed by atoms with Crippen LogP contribution in [0.2, 0.25) is 0 Å². The van der Waals surface area contributed by atoms with E-state index in [4.69, 9.17) is 9.47 Å². The zero-order chi connectivity index (χ0) is 14.8. The summed E-state index contributed by atoms with van der Waals surface area (Å²) in [6, 6.07) is 10.1. The van der Waals surface area contributed by atoms with Gasteiger partial charge in [0, 0.05) is 6.08 Å². The van der Waals surface area contributed by atoms with Crippen molar-refractivity contribution in [1.29, 1.82) is 0 Å². The molecule has 1 aromatic carbocycles.